The van der Waals surface area contributed by atoms with Crippen LogP contribution in [0.25, 0.3) is 93.2 Å². The molecule has 10 aromatic carbocycles. The first-order valence-electron chi connectivity index (χ1n) is 20.2. The molecule has 0 spiro atoms. The fourth-order valence-electron chi connectivity index (χ4n) is 9.19. The zero-order chi connectivity index (χ0) is 38.9. The number of hydrogen-bond donors (Lipinski definition) is 0. The van der Waals surface area contributed by atoms with Crippen molar-refractivity contribution in [1.82, 2.24) is 4.57 Å². The first-order valence-corrected chi connectivity index (χ1v) is 20.2. The van der Waals surface area contributed by atoms with Gasteiger partial charge in [-0.15, -0.1) is 0 Å². The zero-order valence-corrected chi connectivity index (χ0v) is 32.1. The van der Waals surface area contributed by atoms with Crippen LogP contribution in [0, 0.1) is 0 Å². The van der Waals surface area contributed by atoms with Gasteiger partial charge in [-0.2, -0.15) is 0 Å². The van der Waals surface area contributed by atoms with Crippen molar-refractivity contribution in [2.45, 2.75) is 0 Å². The molecular formula is C56H36N2O. The summed E-state index contributed by atoms with van der Waals surface area (Å²) < 4.78 is 9.13. The molecule has 0 fully saturated rings. The van der Waals surface area contributed by atoms with E-state index in [1.54, 1.807) is 0 Å². The summed E-state index contributed by atoms with van der Waals surface area (Å²) in [5.74, 6) is 0. The molecule has 0 saturated carbocycles. The Morgan fingerprint density at radius 2 is 0.831 bits per heavy atom. The maximum Gasteiger partial charge on any atom is 0.143 e. The number of aromatic nitrogens is 1. The van der Waals surface area contributed by atoms with E-state index in [1.807, 2.05) is 0 Å². The largest absolute Gasteiger partial charge is 0.455 e. The first kappa shape index (κ1) is 33.3. The van der Waals surface area contributed by atoms with Gasteiger partial charge in [0.1, 0.15) is 11.2 Å². The Hall–Kier alpha value is -7.88. The zero-order valence-electron chi connectivity index (χ0n) is 32.1. The molecule has 0 amide bonds. The lowest BCUT2D eigenvalue weighted by Crippen LogP contribution is -2.10. The van der Waals surface area contributed by atoms with Gasteiger partial charge in [0.15, 0.2) is 0 Å². The van der Waals surface area contributed by atoms with E-state index in [1.165, 1.54) is 43.5 Å². The highest BCUT2D eigenvalue weighted by Crippen LogP contribution is 2.42. The fraction of sp³-hybridized carbons (Fsp3) is 0. The van der Waals surface area contributed by atoms with Crippen LogP contribution in [-0.2, 0) is 0 Å². The van der Waals surface area contributed by atoms with Gasteiger partial charge in [-0.1, -0.05) is 158 Å². The smallest absolute Gasteiger partial charge is 0.143 e. The first-order chi connectivity index (χ1) is 29.3. The van der Waals surface area contributed by atoms with Crippen LogP contribution >= 0.6 is 0 Å². The third-order valence-electron chi connectivity index (χ3n) is 12.0. The van der Waals surface area contributed by atoms with Gasteiger partial charge in [0, 0.05) is 55.1 Å². The summed E-state index contributed by atoms with van der Waals surface area (Å²) in [6.07, 6.45) is 0. The van der Waals surface area contributed by atoms with Gasteiger partial charge < -0.3 is 13.9 Å². The van der Waals surface area contributed by atoms with Crippen LogP contribution in [0.1, 0.15) is 0 Å². The summed E-state index contributed by atoms with van der Waals surface area (Å²) in [7, 11) is 0. The predicted octanol–water partition coefficient (Wildman–Crippen LogP) is 15.8. The van der Waals surface area contributed by atoms with Gasteiger partial charge in [0.05, 0.1) is 16.7 Å². The lowest BCUT2D eigenvalue weighted by molar-refractivity contribution is 0.674. The Balaban J connectivity index is 0.964. The molecule has 59 heavy (non-hydrogen) atoms. The maximum absolute atomic E-state index is 6.72. The topological polar surface area (TPSA) is 21.3 Å². The molecule has 2 aromatic heterocycles. The number of hydrogen-bond acceptors (Lipinski definition) is 2. The Bertz CT molecular complexity index is 3500. The number of rotatable bonds is 6. The molecule has 0 unspecified atom stereocenters. The van der Waals surface area contributed by atoms with E-state index in [9.17, 15) is 0 Å². The summed E-state index contributed by atoms with van der Waals surface area (Å²) in [5, 5.41) is 9.52. The third-order valence-corrected chi connectivity index (χ3v) is 12.0. The van der Waals surface area contributed by atoms with Crippen molar-refractivity contribution in [3.63, 3.8) is 0 Å². The monoisotopic (exact) mass is 752 g/mol. The van der Waals surface area contributed by atoms with Gasteiger partial charge in [0.2, 0.25) is 0 Å². The third kappa shape index (κ3) is 5.36. The second-order valence-corrected chi connectivity index (χ2v) is 15.3. The lowest BCUT2D eigenvalue weighted by atomic mass is 10.0. The minimum absolute atomic E-state index is 0.912. The van der Waals surface area contributed by atoms with Crippen LogP contribution in [0.3, 0.4) is 0 Å². The van der Waals surface area contributed by atoms with Crippen LogP contribution in [0.2, 0.25) is 0 Å². The summed E-state index contributed by atoms with van der Waals surface area (Å²) in [5.41, 5.74) is 13.2. The van der Waals surface area contributed by atoms with E-state index in [0.717, 1.165) is 66.8 Å². The molecule has 12 aromatic rings. The van der Waals surface area contributed by atoms with Crippen LogP contribution in [0.15, 0.2) is 223 Å². The molecule has 0 N–H and O–H groups in total. The Kier molecular flexibility index (Phi) is 7.54. The highest BCUT2D eigenvalue weighted by Gasteiger charge is 2.19. The molecular weight excluding hydrogens is 717 g/mol. The number of para-hydroxylation sites is 4. The van der Waals surface area contributed by atoms with Crippen LogP contribution in [0.4, 0.5) is 17.1 Å². The molecule has 0 saturated heterocycles. The normalized spacial score (nSPS) is 11.7. The number of benzene rings is 10. The van der Waals surface area contributed by atoms with Crippen molar-refractivity contribution in [2.75, 3.05) is 4.90 Å². The van der Waals surface area contributed by atoms with E-state index in [2.05, 4.69) is 228 Å². The molecule has 0 aliphatic carbocycles. The maximum atomic E-state index is 6.72. The SMILES string of the molecule is c1ccc(-n2c3ccccc3c3ccccc32)c(-c2ccc(N(c3ccc(-c4cccc5c4oc4c6ccccc6ccc54)cc3)c3ccc4ccccc4c3)cc2)c1. The number of nitrogens with zero attached hydrogens (tertiary/aromatic N) is 2. The quantitative estimate of drug-likeness (QED) is 0.169. The van der Waals surface area contributed by atoms with Gasteiger partial charge in [-0.25, -0.2) is 0 Å². The molecule has 3 nitrogen and oxygen atoms in total. The van der Waals surface area contributed by atoms with Crippen molar-refractivity contribution < 1.29 is 4.42 Å². The lowest BCUT2D eigenvalue weighted by Gasteiger charge is -2.26. The Labute approximate surface area is 341 Å². The number of fused-ring (bicyclic) bond motifs is 9. The molecule has 0 aliphatic heterocycles. The van der Waals surface area contributed by atoms with Crippen LogP contribution in [-0.4, -0.2) is 4.57 Å². The average Bonchev–Trinajstić information content (AvgIpc) is 3.86. The van der Waals surface area contributed by atoms with Crippen molar-refractivity contribution >= 4 is 82.4 Å². The summed E-state index contributed by atoms with van der Waals surface area (Å²) >= 11 is 0. The Morgan fingerprint density at radius 1 is 0.322 bits per heavy atom. The molecule has 0 bridgehead atoms. The number of anilines is 3. The van der Waals surface area contributed by atoms with Crippen LogP contribution < -0.4 is 4.90 Å². The van der Waals surface area contributed by atoms with Crippen molar-refractivity contribution in [3.05, 3.63) is 218 Å². The number of furan rings is 1. The van der Waals surface area contributed by atoms with E-state index < -0.39 is 0 Å². The predicted molar refractivity (Wildman–Crippen MR) is 249 cm³/mol. The summed E-state index contributed by atoms with van der Waals surface area (Å²) in [4.78, 5) is 2.35. The van der Waals surface area contributed by atoms with Gasteiger partial charge in [-0.05, 0) is 87.9 Å². The molecule has 0 radical (unpaired) electrons. The molecule has 0 aliphatic rings. The summed E-state index contributed by atoms with van der Waals surface area (Å²) in [6, 6.07) is 78.6. The van der Waals surface area contributed by atoms with E-state index >= 15 is 0 Å². The van der Waals surface area contributed by atoms with Crippen molar-refractivity contribution in [1.29, 1.82) is 0 Å². The standard InChI is InChI=1S/C56H36N2O/c1-2-14-41-36-44(34-24-37(41)12-1)57(43-32-27-40(28-33-43)47-19-11-20-50-51-35-29-38-13-3-4-16-46(38)56(51)59-55(47)50)42-30-25-39(26-31-42)45-15-5-8-21-52(45)58-53-22-9-6-17-48(53)49-18-7-10-23-54(49)58/h1-36H. The minimum atomic E-state index is 0.912. The second-order valence-electron chi connectivity index (χ2n) is 15.3. The second kappa shape index (κ2) is 13.4. The molecule has 276 valence electrons. The van der Waals surface area contributed by atoms with Crippen molar-refractivity contribution in [2.24, 2.45) is 0 Å². The van der Waals surface area contributed by atoms with Gasteiger partial charge in [0.25, 0.3) is 0 Å². The van der Waals surface area contributed by atoms with E-state index in [4.69, 9.17) is 4.42 Å². The Morgan fingerprint density at radius 3 is 1.56 bits per heavy atom. The van der Waals surface area contributed by atoms with E-state index in [-0.39, 0.29) is 0 Å². The fourth-order valence-corrected chi connectivity index (χ4v) is 9.19. The molecule has 3 heteroatoms. The molecule has 0 atom stereocenters. The highest BCUT2D eigenvalue weighted by molar-refractivity contribution is 6.17. The molecule has 2 heterocycles. The average molecular weight is 753 g/mol. The molecule has 12 rings (SSSR count). The van der Waals surface area contributed by atoms with Crippen LogP contribution in [0.5, 0.6) is 0 Å². The van der Waals surface area contributed by atoms with Gasteiger partial charge >= 0.3 is 0 Å². The summed E-state index contributed by atoms with van der Waals surface area (Å²) in [6.45, 7) is 0. The minimum Gasteiger partial charge on any atom is -0.455 e. The van der Waals surface area contributed by atoms with E-state index in [0.29, 0.717) is 0 Å². The van der Waals surface area contributed by atoms with Crippen molar-refractivity contribution in [3.8, 4) is 27.9 Å². The van der Waals surface area contributed by atoms with Gasteiger partial charge in [-0.3, -0.25) is 0 Å². The highest BCUT2D eigenvalue weighted by atomic mass is 16.3.